The monoisotopic (exact) mass is 377 g/mol. The Morgan fingerprint density at radius 1 is 1.19 bits per heavy atom. The summed E-state index contributed by atoms with van der Waals surface area (Å²) in [5.74, 6) is 0.343. The number of hydrogen-bond acceptors (Lipinski definition) is 3. The maximum atomic E-state index is 12.8. The molecule has 0 saturated carbocycles. The van der Waals surface area contributed by atoms with Crippen molar-refractivity contribution in [2.45, 2.75) is 63.2 Å². The van der Waals surface area contributed by atoms with Gasteiger partial charge in [0.25, 0.3) is 5.91 Å². The Morgan fingerprint density at radius 2 is 1.85 bits per heavy atom. The van der Waals surface area contributed by atoms with Crippen LogP contribution in [0.4, 0.5) is 0 Å². The van der Waals surface area contributed by atoms with Crippen molar-refractivity contribution in [2.24, 2.45) is 0 Å². The first kappa shape index (κ1) is 19.2. The van der Waals surface area contributed by atoms with Crippen molar-refractivity contribution in [3.8, 4) is 0 Å². The predicted octanol–water partition coefficient (Wildman–Crippen LogP) is 2.59. The summed E-state index contributed by atoms with van der Waals surface area (Å²) >= 11 is 0. The number of rotatable bonds is 4. The number of carbonyl (C=O) groups is 2. The highest BCUT2D eigenvalue weighted by atomic mass is 35.5. The zero-order chi connectivity index (χ0) is 17.4. The van der Waals surface area contributed by atoms with E-state index in [4.69, 9.17) is 0 Å². The second kappa shape index (κ2) is 7.97. The van der Waals surface area contributed by atoms with Crippen molar-refractivity contribution in [1.29, 1.82) is 0 Å². The summed E-state index contributed by atoms with van der Waals surface area (Å²) in [4.78, 5) is 28.4. The van der Waals surface area contributed by atoms with Crippen molar-refractivity contribution in [3.05, 3.63) is 35.4 Å². The molecule has 5 nitrogen and oxygen atoms in total. The average Bonchev–Trinajstić information content (AvgIpc) is 3.19. The van der Waals surface area contributed by atoms with E-state index in [0.29, 0.717) is 31.1 Å². The minimum absolute atomic E-state index is 0. The Balaban J connectivity index is 0.00000196. The lowest BCUT2D eigenvalue weighted by atomic mass is 9.98. The van der Waals surface area contributed by atoms with Gasteiger partial charge in [-0.3, -0.25) is 9.59 Å². The van der Waals surface area contributed by atoms with Gasteiger partial charge in [0.15, 0.2) is 0 Å². The van der Waals surface area contributed by atoms with E-state index in [9.17, 15) is 9.59 Å². The lowest BCUT2D eigenvalue weighted by molar-refractivity contribution is -0.128. The van der Waals surface area contributed by atoms with Crippen LogP contribution in [-0.4, -0.2) is 53.3 Å². The molecular formula is C20H28ClN3O2. The summed E-state index contributed by atoms with van der Waals surface area (Å²) in [5.41, 5.74) is 1.83. The molecule has 2 atom stereocenters. The van der Waals surface area contributed by atoms with Crippen LogP contribution in [0.15, 0.2) is 24.3 Å². The first-order chi connectivity index (χ1) is 12.1. The van der Waals surface area contributed by atoms with E-state index in [2.05, 4.69) is 5.32 Å². The van der Waals surface area contributed by atoms with Crippen LogP contribution < -0.4 is 5.32 Å². The molecule has 0 aliphatic carbocycles. The smallest absolute Gasteiger partial charge is 0.253 e. The van der Waals surface area contributed by atoms with Crippen LogP contribution >= 0.6 is 12.4 Å². The number of carbonyl (C=O) groups excluding carboxylic acids is 2. The third-order valence-corrected chi connectivity index (χ3v) is 6.06. The minimum atomic E-state index is 0. The first-order valence-corrected chi connectivity index (χ1v) is 9.50. The highest BCUT2D eigenvalue weighted by Gasteiger charge is 2.36. The maximum absolute atomic E-state index is 12.8. The van der Waals surface area contributed by atoms with Gasteiger partial charge in [0, 0.05) is 50.2 Å². The van der Waals surface area contributed by atoms with Gasteiger partial charge >= 0.3 is 0 Å². The summed E-state index contributed by atoms with van der Waals surface area (Å²) in [6.45, 7) is 1.50. The fourth-order valence-electron chi connectivity index (χ4n) is 4.56. The van der Waals surface area contributed by atoms with Crippen LogP contribution in [0.25, 0.3) is 0 Å². The third kappa shape index (κ3) is 3.89. The van der Waals surface area contributed by atoms with E-state index < -0.39 is 0 Å². The molecule has 142 valence electrons. The minimum Gasteiger partial charge on any atom is -0.339 e. The van der Waals surface area contributed by atoms with Gasteiger partial charge in [0.05, 0.1) is 0 Å². The van der Waals surface area contributed by atoms with Crippen molar-refractivity contribution >= 4 is 24.2 Å². The van der Waals surface area contributed by atoms with Gasteiger partial charge in [0.1, 0.15) is 0 Å². The molecule has 2 amide bonds. The molecule has 3 fully saturated rings. The Kier molecular flexibility index (Phi) is 5.88. The van der Waals surface area contributed by atoms with Crippen LogP contribution in [0.1, 0.15) is 54.4 Å². The molecular weight excluding hydrogens is 350 g/mol. The average molecular weight is 378 g/mol. The summed E-state index contributed by atoms with van der Waals surface area (Å²) in [5, 5.41) is 3.63. The molecule has 26 heavy (non-hydrogen) atoms. The molecule has 3 aliphatic heterocycles. The number of nitrogens with zero attached hydrogens (tertiary/aromatic N) is 2. The van der Waals surface area contributed by atoms with Gasteiger partial charge in [-0.2, -0.15) is 0 Å². The van der Waals surface area contributed by atoms with Crippen molar-refractivity contribution in [1.82, 2.24) is 15.1 Å². The van der Waals surface area contributed by atoms with Gasteiger partial charge in [-0.05, 0) is 49.8 Å². The van der Waals surface area contributed by atoms with E-state index in [1.807, 2.05) is 41.1 Å². The number of likely N-dealkylation sites (tertiary alicyclic amines) is 1. The predicted molar refractivity (Wildman–Crippen MR) is 103 cm³/mol. The Bertz CT molecular complexity index is 652. The molecule has 1 N–H and O–H groups in total. The SMILES string of the molecule is CN(C(=O)c1ccc(CN2CCCC2=O)cc1)C1CC2CCC(C1)N2.Cl. The Hall–Kier alpha value is -1.59. The molecule has 0 spiro atoms. The summed E-state index contributed by atoms with van der Waals surface area (Å²) in [7, 11) is 1.94. The molecule has 4 rings (SSSR count). The van der Waals surface area contributed by atoms with Crippen molar-refractivity contribution in [3.63, 3.8) is 0 Å². The third-order valence-electron chi connectivity index (χ3n) is 6.06. The number of piperidine rings is 1. The Labute approximate surface area is 161 Å². The first-order valence-electron chi connectivity index (χ1n) is 9.50. The zero-order valence-corrected chi connectivity index (χ0v) is 16.1. The number of amides is 2. The second-order valence-corrected chi connectivity index (χ2v) is 7.79. The van der Waals surface area contributed by atoms with Gasteiger partial charge in [-0.15, -0.1) is 12.4 Å². The van der Waals surface area contributed by atoms with E-state index in [0.717, 1.165) is 36.9 Å². The fourth-order valence-corrected chi connectivity index (χ4v) is 4.56. The number of halogens is 1. The van der Waals surface area contributed by atoms with Crippen LogP contribution in [0.5, 0.6) is 0 Å². The number of nitrogens with one attached hydrogen (secondary N) is 1. The topological polar surface area (TPSA) is 52.7 Å². The summed E-state index contributed by atoms with van der Waals surface area (Å²) in [6, 6.07) is 9.29. The van der Waals surface area contributed by atoms with E-state index in [1.165, 1.54) is 12.8 Å². The molecule has 1 aromatic rings. The van der Waals surface area contributed by atoms with Crippen LogP contribution in [0, 0.1) is 0 Å². The van der Waals surface area contributed by atoms with Crippen molar-refractivity contribution < 1.29 is 9.59 Å². The highest BCUT2D eigenvalue weighted by Crippen LogP contribution is 2.29. The fraction of sp³-hybridized carbons (Fsp3) is 0.600. The molecule has 2 bridgehead atoms. The molecule has 0 radical (unpaired) electrons. The standard InChI is InChI=1S/C20H27N3O2.ClH/c1-22(18-11-16-8-9-17(12-18)21-16)20(25)15-6-4-14(5-7-15)13-23-10-2-3-19(23)24;/h4-7,16-18,21H,2-3,8-13H2,1H3;1H. The highest BCUT2D eigenvalue weighted by molar-refractivity contribution is 5.94. The van der Waals surface area contributed by atoms with Crippen LogP contribution in [0.3, 0.4) is 0 Å². The van der Waals surface area contributed by atoms with E-state index in [-0.39, 0.29) is 24.2 Å². The maximum Gasteiger partial charge on any atom is 0.253 e. The van der Waals surface area contributed by atoms with E-state index >= 15 is 0 Å². The number of fused-ring (bicyclic) bond motifs is 2. The quantitative estimate of drug-likeness (QED) is 0.877. The second-order valence-electron chi connectivity index (χ2n) is 7.79. The molecule has 1 aromatic carbocycles. The molecule has 6 heteroatoms. The summed E-state index contributed by atoms with van der Waals surface area (Å²) in [6.07, 6.45) is 6.24. The molecule has 0 aromatic heterocycles. The number of hydrogen-bond donors (Lipinski definition) is 1. The van der Waals surface area contributed by atoms with Gasteiger partial charge in [0.2, 0.25) is 5.91 Å². The van der Waals surface area contributed by atoms with Crippen molar-refractivity contribution in [2.75, 3.05) is 13.6 Å². The van der Waals surface area contributed by atoms with Gasteiger partial charge in [-0.1, -0.05) is 12.1 Å². The molecule has 3 aliphatic rings. The molecule has 2 unspecified atom stereocenters. The largest absolute Gasteiger partial charge is 0.339 e. The molecule has 3 heterocycles. The lowest BCUT2D eigenvalue weighted by Gasteiger charge is -2.35. The van der Waals surface area contributed by atoms with Crippen LogP contribution in [-0.2, 0) is 11.3 Å². The lowest BCUT2D eigenvalue weighted by Crippen LogP contribution is -2.48. The number of benzene rings is 1. The Morgan fingerprint density at radius 3 is 2.42 bits per heavy atom. The zero-order valence-electron chi connectivity index (χ0n) is 15.3. The molecule has 3 saturated heterocycles. The van der Waals surface area contributed by atoms with E-state index in [1.54, 1.807) is 0 Å². The normalized spacial score (nSPS) is 27.3. The van der Waals surface area contributed by atoms with Gasteiger partial charge < -0.3 is 15.1 Å². The summed E-state index contributed by atoms with van der Waals surface area (Å²) < 4.78 is 0. The van der Waals surface area contributed by atoms with Gasteiger partial charge in [-0.25, -0.2) is 0 Å². The van der Waals surface area contributed by atoms with Crippen LogP contribution in [0.2, 0.25) is 0 Å².